The maximum atomic E-state index is 11.7. The lowest BCUT2D eigenvalue weighted by Crippen LogP contribution is -2.26. The van der Waals surface area contributed by atoms with Crippen molar-refractivity contribution in [3.63, 3.8) is 0 Å². The van der Waals surface area contributed by atoms with Crippen molar-refractivity contribution in [2.45, 2.75) is 103 Å². The third-order valence-corrected chi connectivity index (χ3v) is 4.84. The highest BCUT2D eigenvalue weighted by atomic mass is 16.3. The van der Waals surface area contributed by atoms with Gasteiger partial charge in [0.25, 0.3) is 0 Å². The molecule has 0 aliphatic rings. The Morgan fingerprint density at radius 2 is 1.67 bits per heavy atom. The predicted octanol–water partition coefficient (Wildman–Crippen LogP) is 5.06. The van der Waals surface area contributed by atoms with Crippen LogP contribution in [-0.2, 0) is 4.79 Å². The van der Waals surface area contributed by atoms with E-state index < -0.39 is 0 Å². The Bertz CT molecular complexity index is 356. The summed E-state index contributed by atoms with van der Waals surface area (Å²) in [5.41, 5.74) is 0. The highest BCUT2D eigenvalue weighted by Gasteiger charge is 2.01. The monoisotopic (exact) mass is 382 g/mol. The highest BCUT2D eigenvalue weighted by molar-refractivity contribution is 5.75. The van der Waals surface area contributed by atoms with Gasteiger partial charge in [-0.1, -0.05) is 64.0 Å². The van der Waals surface area contributed by atoms with Crippen LogP contribution in [0.5, 0.6) is 0 Å². The average Bonchev–Trinajstić information content (AvgIpc) is 2.63. The molecule has 0 heterocycles. The van der Waals surface area contributed by atoms with E-state index in [0.29, 0.717) is 6.42 Å². The Labute approximate surface area is 168 Å². The number of allylic oxidation sites excluding steroid dienone is 1. The number of hydrogen-bond acceptors (Lipinski definition) is 3. The van der Waals surface area contributed by atoms with Crippen molar-refractivity contribution in [1.82, 2.24) is 10.2 Å². The van der Waals surface area contributed by atoms with E-state index in [0.717, 1.165) is 58.0 Å². The van der Waals surface area contributed by atoms with Crippen LogP contribution in [0.3, 0.4) is 0 Å². The maximum absolute atomic E-state index is 11.7. The van der Waals surface area contributed by atoms with Crippen molar-refractivity contribution in [3.05, 3.63) is 12.2 Å². The molecule has 0 saturated carbocycles. The van der Waals surface area contributed by atoms with Gasteiger partial charge in [0.15, 0.2) is 0 Å². The van der Waals surface area contributed by atoms with E-state index in [1.165, 1.54) is 38.5 Å². The molecule has 0 rings (SSSR count). The molecular formula is C23H46N2O2. The second-order valence-corrected chi connectivity index (χ2v) is 8.02. The van der Waals surface area contributed by atoms with Crippen molar-refractivity contribution in [2.75, 3.05) is 27.2 Å². The molecule has 0 aromatic heterocycles. The Morgan fingerprint density at radius 3 is 2.41 bits per heavy atom. The van der Waals surface area contributed by atoms with Gasteiger partial charge in [-0.15, -0.1) is 0 Å². The van der Waals surface area contributed by atoms with E-state index in [-0.39, 0.29) is 12.0 Å². The number of amides is 1. The first-order valence-electron chi connectivity index (χ1n) is 11.3. The van der Waals surface area contributed by atoms with Gasteiger partial charge in [-0.25, -0.2) is 0 Å². The van der Waals surface area contributed by atoms with E-state index >= 15 is 0 Å². The molecule has 0 aliphatic heterocycles. The number of carbonyl (C=O) groups excluding carboxylic acids is 1. The quantitative estimate of drug-likeness (QED) is 0.242. The third kappa shape index (κ3) is 21.3. The van der Waals surface area contributed by atoms with E-state index in [4.69, 9.17) is 0 Å². The molecule has 0 aliphatic carbocycles. The fraction of sp³-hybridized carbons (Fsp3) is 0.870. The summed E-state index contributed by atoms with van der Waals surface area (Å²) in [4.78, 5) is 13.8. The molecule has 4 heteroatoms. The van der Waals surface area contributed by atoms with Crippen molar-refractivity contribution in [2.24, 2.45) is 0 Å². The van der Waals surface area contributed by atoms with Gasteiger partial charge in [0.1, 0.15) is 0 Å². The summed E-state index contributed by atoms with van der Waals surface area (Å²) in [7, 11) is 4.10. The molecule has 4 nitrogen and oxygen atoms in total. The zero-order chi connectivity index (χ0) is 20.2. The lowest BCUT2D eigenvalue weighted by atomic mass is 10.1. The van der Waals surface area contributed by atoms with Gasteiger partial charge in [-0.05, 0) is 59.2 Å². The lowest BCUT2D eigenvalue weighted by Gasteiger charge is -2.09. The highest BCUT2D eigenvalue weighted by Crippen LogP contribution is 2.10. The van der Waals surface area contributed by atoms with Gasteiger partial charge >= 0.3 is 0 Å². The SMILES string of the molecule is CCCCCC[C@@H](O)C/C=C\CCCCCCCC(=O)NCCCN(C)C. The number of hydrogen-bond donors (Lipinski definition) is 2. The summed E-state index contributed by atoms with van der Waals surface area (Å²) in [5.74, 6) is 0.199. The minimum absolute atomic E-state index is 0.160. The topological polar surface area (TPSA) is 52.6 Å². The summed E-state index contributed by atoms with van der Waals surface area (Å²) >= 11 is 0. The molecule has 0 aromatic rings. The second kappa shape index (κ2) is 19.9. The lowest BCUT2D eigenvalue weighted by molar-refractivity contribution is -0.121. The molecule has 1 amide bonds. The van der Waals surface area contributed by atoms with Crippen LogP contribution < -0.4 is 5.32 Å². The van der Waals surface area contributed by atoms with Crippen molar-refractivity contribution in [1.29, 1.82) is 0 Å². The maximum Gasteiger partial charge on any atom is 0.219 e. The Morgan fingerprint density at radius 1 is 0.963 bits per heavy atom. The fourth-order valence-electron chi connectivity index (χ4n) is 3.09. The van der Waals surface area contributed by atoms with Crippen LogP contribution in [-0.4, -0.2) is 49.2 Å². The molecule has 27 heavy (non-hydrogen) atoms. The number of rotatable bonds is 19. The molecule has 160 valence electrons. The summed E-state index contributed by atoms with van der Waals surface area (Å²) in [6.07, 6.45) is 19.4. The molecule has 0 radical (unpaired) electrons. The van der Waals surface area contributed by atoms with Gasteiger partial charge in [0, 0.05) is 13.0 Å². The number of aliphatic hydroxyl groups excluding tert-OH is 1. The number of nitrogens with one attached hydrogen (secondary N) is 1. The summed E-state index contributed by atoms with van der Waals surface area (Å²) in [6.45, 7) is 4.02. The minimum atomic E-state index is -0.160. The first-order chi connectivity index (χ1) is 13.1. The Kier molecular flexibility index (Phi) is 19.2. The molecule has 0 unspecified atom stereocenters. The Balaban J connectivity index is 3.33. The molecule has 1 atom stereocenters. The molecule has 0 saturated heterocycles. The zero-order valence-corrected chi connectivity index (χ0v) is 18.3. The van der Waals surface area contributed by atoms with E-state index in [1.807, 2.05) is 0 Å². The van der Waals surface area contributed by atoms with Crippen LogP contribution in [0.4, 0.5) is 0 Å². The normalized spacial score (nSPS) is 12.8. The van der Waals surface area contributed by atoms with Crippen LogP contribution in [0.25, 0.3) is 0 Å². The van der Waals surface area contributed by atoms with Crippen molar-refractivity contribution in [3.8, 4) is 0 Å². The first kappa shape index (κ1) is 26.1. The molecule has 2 N–H and O–H groups in total. The fourth-order valence-corrected chi connectivity index (χ4v) is 3.09. The zero-order valence-electron chi connectivity index (χ0n) is 18.3. The van der Waals surface area contributed by atoms with Gasteiger partial charge in [-0.3, -0.25) is 4.79 Å². The number of nitrogens with zero attached hydrogens (tertiary/aromatic N) is 1. The van der Waals surface area contributed by atoms with E-state index in [2.05, 4.69) is 43.4 Å². The smallest absolute Gasteiger partial charge is 0.219 e. The minimum Gasteiger partial charge on any atom is -0.393 e. The predicted molar refractivity (Wildman–Crippen MR) is 117 cm³/mol. The van der Waals surface area contributed by atoms with Gasteiger partial charge in [0.05, 0.1) is 6.10 Å². The molecule has 0 bridgehead atoms. The standard InChI is InChI=1S/C23H46N2O2/c1-4-5-6-13-17-22(26)18-14-11-9-7-8-10-12-15-19-23(27)24-20-16-21-25(2)3/h11,14,22,26H,4-10,12-13,15-21H2,1-3H3,(H,24,27)/b14-11-/t22-/m1/s1. The summed E-state index contributed by atoms with van der Waals surface area (Å²) in [6, 6.07) is 0. The summed E-state index contributed by atoms with van der Waals surface area (Å²) < 4.78 is 0. The summed E-state index contributed by atoms with van der Waals surface area (Å²) in [5, 5.41) is 12.9. The van der Waals surface area contributed by atoms with Gasteiger partial charge in [0.2, 0.25) is 5.91 Å². The van der Waals surface area contributed by atoms with Crippen LogP contribution >= 0.6 is 0 Å². The number of carbonyl (C=O) groups is 1. The average molecular weight is 383 g/mol. The number of aliphatic hydroxyl groups is 1. The third-order valence-electron chi connectivity index (χ3n) is 4.84. The first-order valence-corrected chi connectivity index (χ1v) is 11.3. The van der Waals surface area contributed by atoms with Gasteiger partial charge in [-0.2, -0.15) is 0 Å². The second-order valence-electron chi connectivity index (χ2n) is 8.02. The van der Waals surface area contributed by atoms with Crippen LogP contribution in [0, 0.1) is 0 Å². The molecule has 0 spiro atoms. The Hall–Kier alpha value is -0.870. The van der Waals surface area contributed by atoms with Crippen molar-refractivity contribution >= 4 is 5.91 Å². The van der Waals surface area contributed by atoms with Crippen LogP contribution in [0.1, 0.15) is 96.8 Å². The van der Waals surface area contributed by atoms with Gasteiger partial charge < -0.3 is 15.3 Å². The largest absolute Gasteiger partial charge is 0.393 e. The van der Waals surface area contributed by atoms with Crippen LogP contribution in [0.2, 0.25) is 0 Å². The molecule has 0 aromatic carbocycles. The van der Waals surface area contributed by atoms with E-state index in [1.54, 1.807) is 0 Å². The number of unbranched alkanes of at least 4 members (excludes halogenated alkanes) is 8. The van der Waals surface area contributed by atoms with Crippen molar-refractivity contribution < 1.29 is 9.90 Å². The van der Waals surface area contributed by atoms with E-state index in [9.17, 15) is 9.90 Å². The molecular weight excluding hydrogens is 336 g/mol. The van der Waals surface area contributed by atoms with Crippen LogP contribution in [0.15, 0.2) is 12.2 Å². The molecule has 0 fully saturated rings.